The zero-order valence-corrected chi connectivity index (χ0v) is 11.4. The lowest BCUT2D eigenvalue weighted by atomic mass is 10.1. The summed E-state index contributed by atoms with van der Waals surface area (Å²) in [6.07, 6.45) is 3.61. The summed E-state index contributed by atoms with van der Waals surface area (Å²) in [4.78, 5) is 6.26. The fourth-order valence-electron chi connectivity index (χ4n) is 2.11. The number of hydrogen-bond donors (Lipinski definition) is 2. The Hall–Kier alpha value is -2.40. The van der Waals surface area contributed by atoms with Gasteiger partial charge in [0.05, 0.1) is 0 Å². The summed E-state index contributed by atoms with van der Waals surface area (Å²) in [5.41, 5.74) is 8.62. The van der Waals surface area contributed by atoms with Crippen molar-refractivity contribution in [3.63, 3.8) is 0 Å². The van der Waals surface area contributed by atoms with Gasteiger partial charge in [0, 0.05) is 31.0 Å². The molecule has 104 valence electrons. The summed E-state index contributed by atoms with van der Waals surface area (Å²) in [6, 6.07) is 11.6. The van der Waals surface area contributed by atoms with Crippen LogP contribution < -0.4 is 5.73 Å². The van der Waals surface area contributed by atoms with Crippen molar-refractivity contribution in [2.24, 2.45) is 10.9 Å². The normalized spacial score (nSPS) is 11.8. The molecule has 0 atom stereocenters. The second kappa shape index (κ2) is 6.68. The molecule has 20 heavy (non-hydrogen) atoms. The molecule has 0 unspecified atom stereocenters. The minimum Gasteiger partial charge on any atom is -0.409 e. The fourth-order valence-corrected chi connectivity index (χ4v) is 2.11. The van der Waals surface area contributed by atoms with Gasteiger partial charge in [0.2, 0.25) is 0 Å². The molecule has 0 aliphatic carbocycles. The van der Waals surface area contributed by atoms with Crippen LogP contribution >= 0.6 is 0 Å². The summed E-state index contributed by atoms with van der Waals surface area (Å²) >= 11 is 0. The molecular formula is C15H18N4O. The minimum atomic E-state index is 0.135. The maximum atomic E-state index is 8.82. The Balaban J connectivity index is 2.10. The number of nitrogens with zero attached hydrogens (tertiary/aromatic N) is 3. The van der Waals surface area contributed by atoms with Crippen LogP contribution in [0.1, 0.15) is 16.7 Å². The Morgan fingerprint density at radius 3 is 2.75 bits per heavy atom. The van der Waals surface area contributed by atoms with E-state index >= 15 is 0 Å². The van der Waals surface area contributed by atoms with Gasteiger partial charge in [0.15, 0.2) is 5.84 Å². The van der Waals surface area contributed by atoms with Gasteiger partial charge in [-0.25, -0.2) is 0 Å². The number of rotatable bonds is 5. The Kier molecular flexibility index (Phi) is 4.68. The monoisotopic (exact) mass is 270 g/mol. The third-order valence-electron chi connectivity index (χ3n) is 3.02. The Bertz CT molecular complexity index is 583. The number of nitrogens with two attached hydrogens (primary N) is 1. The van der Waals surface area contributed by atoms with E-state index in [2.05, 4.69) is 15.0 Å². The van der Waals surface area contributed by atoms with Crippen molar-refractivity contribution in [3.8, 4) is 0 Å². The number of amidine groups is 1. The molecule has 2 aromatic rings. The van der Waals surface area contributed by atoms with E-state index in [9.17, 15) is 0 Å². The van der Waals surface area contributed by atoms with Crippen molar-refractivity contribution in [3.05, 3.63) is 65.5 Å². The maximum Gasteiger partial charge on any atom is 0.170 e. The molecule has 0 amide bonds. The second-order valence-corrected chi connectivity index (χ2v) is 4.68. The van der Waals surface area contributed by atoms with E-state index in [1.807, 2.05) is 49.6 Å². The SMILES string of the molecule is CN(Cc1cccnc1)Cc1ccccc1/C(N)=N/O. The van der Waals surface area contributed by atoms with E-state index in [1.54, 1.807) is 6.20 Å². The lowest BCUT2D eigenvalue weighted by Gasteiger charge is -2.18. The van der Waals surface area contributed by atoms with Gasteiger partial charge in [-0.15, -0.1) is 0 Å². The molecule has 1 aromatic carbocycles. The number of benzene rings is 1. The van der Waals surface area contributed by atoms with Crippen molar-refractivity contribution >= 4 is 5.84 Å². The zero-order chi connectivity index (χ0) is 14.4. The predicted molar refractivity (Wildman–Crippen MR) is 78.4 cm³/mol. The van der Waals surface area contributed by atoms with E-state index in [-0.39, 0.29) is 5.84 Å². The first-order chi connectivity index (χ1) is 9.70. The van der Waals surface area contributed by atoms with E-state index < -0.39 is 0 Å². The molecule has 5 heteroatoms. The molecule has 0 fully saturated rings. The average Bonchev–Trinajstić information content (AvgIpc) is 2.48. The minimum absolute atomic E-state index is 0.135. The first-order valence-corrected chi connectivity index (χ1v) is 6.34. The van der Waals surface area contributed by atoms with Crippen molar-refractivity contribution in [1.82, 2.24) is 9.88 Å². The largest absolute Gasteiger partial charge is 0.409 e. The molecule has 0 aliphatic rings. The number of hydrogen-bond acceptors (Lipinski definition) is 4. The van der Waals surface area contributed by atoms with Gasteiger partial charge in [-0.1, -0.05) is 35.5 Å². The third kappa shape index (κ3) is 3.55. The number of oxime groups is 1. The van der Waals surface area contributed by atoms with E-state index in [0.29, 0.717) is 6.54 Å². The van der Waals surface area contributed by atoms with E-state index in [0.717, 1.165) is 23.2 Å². The standard InChI is InChI=1S/C15H18N4O/c1-19(10-12-5-4-8-17-9-12)11-13-6-2-3-7-14(13)15(16)18-20/h2-9,20H,10-11H2,1H3,(H2,16,18). The molecule has 0 saturated heterocycles. The highest BCUT2D eigenvalue weighted by Gasteiger charge is 2.09. The zero-order valence-electron chi connectivity index (χ0n) is 11.4. The fraction of sp³-hybridized carbons (Fsp3) is 0.200. The average molecular weight is 270 g/mol. The van der Waals surface area contributed by atoms with Crippen molar-refractivity contribution in [2.45, 2.75) is 13.1 Å². The Labute approximate surface area is 118 Å². The van der Waals surface area contributed by atoms with Crippen LogP contribution in [0.25, 0.3) is 0 Å². The van der Waals surface area contributed by atoms with Gasteiger partial charge >= 0.3 is 0 Å². The third-order valence-corrected chi connectivity index (χ3v) is 3.02. The van der Waals surface area contributed by atoms with Crippen molar-refractivity contribution < 1.29 is 5.21 Å². The highest BCUT2D eigenvalue weighted by molar-refractivity contribution is 5.98. The van der Waals surface area contributed by atoms with Gasteiger partial charge in [0.1, 0.15) is 0 Å². The molecule has 0 aliphatic heterocycles. The van der Waals surface area contributed by atoms with Crippen LogP contribution in [0.3, 0.4) is 0 Å². The summed E-state index contributed by atoms with van der Waals surface area (Å²) in [5.74, 6) is 0.135. The topological polar surface area (TPSA) is 74.7 Å². The van der Waals surface area contributed by atoms with E-state index in [4.69, 9.17) is 10.9 Å². The van der Waals surface area contributed by atoms with Crippen LogP contribution in [-0.4, -0.2) is 28.0 Å². The molecule has 0 bridgehead atoms. The van der Waals surface area contributed by atoms with Gasteiger partial charge in [-0.2, -0.15) is 0 Å². The van der Waals surface area contributed by atoms with Crippen LogP contribution in [0.5, 0.6) is 0 Å². The van der Waals surface area contributed by atoms with Gasteiger partial charge in [-0.05, 0) is 24.2 Å². The molecule has 2 rings (SSSR count). The first kappa shape index (κ1) is 14.0. The summed E-state index contributed by atoms with van der Waals surface area (Å²) in [5, 5.41) is 11.9. The Morgan fingerprint density at radius 1 is 1.25 bits per heavy atom. The highest BCUT2D eigenvalue weighted by atomic mass is 16.4. The molecule has 1 heterocycles. The second-order valence-electron chi connectivity index (χ2n) is 4.68. The Morgan fingerprint density at radius 2 is 2.05 bits per heavy atom. The number of aromatic nitrogens is 1. The molecular weight excluding hydrogens is 252 g/mol. The summed E-state index contributed by atoms with van der Waals surface area (Å²) in [7, 11) is 2.02. The first-order valence-electron chi connectivity index (χ1n) is 6.34. The van der Waals surface area contributed by atoms with Crippen molar-refractivity contribution in [1.29, 1.82) is 0 Å². The van der Waals surface area contributed by atoms with Crippen LogP contribution in [0, 0.1) is 0 Å². The van der Waals surface area contributed by atoms with Crippen LogP contribution in [0.15, 0.2) is 53.9 Å². The maximum absolute atomic E-state index is 8.82. The number of pyridine rings is 1. The van der Waals surface area contributed by atoms with Gasteiger partial charge in [-0.3, -0.25) is 9.88 Å². The molecule has 5 nitrogen and oxygen atoms in total. The molecule has 0 saturated carbocycles. The summed E-state index contributed by atoms with van der Waals surface area (Å²) in [6.45, 7) is 1.50. The smallest absolute Gasteiger partial charge is 0.170 e. The van der Waals surface area contributed by atoms with Crippen molar-refractivity contribution in [2.75, 3.05) is 7.05 Å². The quantitative estimate of drug-likeness (QED) is 0.376. The lowest BCUT2D eigenvalue weighted by molar-refractivity contribution is 0.315. The molecule has 1 aromatic heterocycles. The van der Waals surface area contributed by atoms with Crippen LogP contribution in [0.2, 0.25) is 0 Å². The van der Waals surface area contributed by atoms with Crippen LogP contribution in [-0.2, 0) is 13.1 Å². The summed E-state index contributed by atoms with van der Waals surface area (Å²) < 4.78 is 0. The molecule has 3 N–H and O–H groups in total. The molecule has 0 radical (unpaired) electrons. The predicted octanol–water partition coefficient (Wildman–Crippen LogP) is 1.81. The van der Waals surface area contributed by atoms with E-state index in [1.165, 1.54) is 0 Å². The van der Waals surface area contributed by atoms with Gasteiger partial charge in [0.25, 0.3) is 0 Å². The lowest BCUT2D eigenvalue weighted by Crippen LogP contribution is -2.21. The van der Waals surface area contributed by atoms with Gasteiger partial charge < -0.3 is 10.9 Å². The molecule has 0 spiro atoms. The highest BCUT2D eigenvalue weighted by Crippen LogP contribution is 2.12. The van der Waals surface area contributed by atoms with Crippen LogP contribution in [0.4, 0.5) is 0 Å².